The van der Waals surface area contributed by atoms with Gasteiger partial charge >= 0.3 is 0 Å². The Morgan fingerprint density at radius 2 is 1.88 bits per heavy atom. The molecule has 0 unspecified atom stereocenters. The standard InChI is InChI=1S/C18H13Cl2FN4O/c19-12-5-3-7-14(16(12)20)24-18-22-9-8-15(25-18)17(26)23-10-11-4-1-2-6-13(11)21/h1-9H,10H2,(H,23,26)(H,22,24,25). The molecule has 0 radical (unpaired) electrons. The summed E-state index contributed by atoms with van der Waals surface area (Å²) in [7, 11) is 0. The molecule has 5 nitrogen and oxygen atoms in total. The van der Waals surface area contributed by atoms with Crippen molar-refractivity contribution in [3.8, 4) is 0 Å². The van der Waals surface area contributed by atoms with Gasteiger partial charge in [0.05, 0.1) is 15.7 Å². The zero-order valence-corrected chi connectivity index (χ0v) is 14.9. The molecule has 8 heteroatoms. The van der Waals surface area contributed by atoms with E-state index in [1.165, 1.54) is 18.3 Å². The summed E-state index contributed by atoms with van der Waals surface area (Å²) in [6.45, 7) is 0.0540. The van der Waals surface area contributed by atoms with Crippen LogP contribution in [0.15, 0.2) is 54.7 Å². The fraction of sp³-hybridized carbons (Fsp3) is 0.0556. The maximum absolute atomic E-state index is 13.6. The summed E-state index contributed by atoms with van der Waals surface area (Å²) >= 11 is 12.1. The molecule has 2 N–H and O–H groups in total. The first-order valence-electron chi connectivity index (χ1n) is 7.60. The minimum absolute atomic E-state index is 0.0540. The van der Waals surface area contributed by atoms with E-state index < -0.39 is 5.91 Å². The van der Waals surface area contributed by atoms with Crippen LogP contribution in [-0.4, -0.2) is 15.9 Å². The van der Waals surface area contributed by atoms with Crippen LogP contribution in [0.2, 0.25) is 10.0 Å². The highest BCUT2D eigenvalue weighted by Crippen LogP contribution is 2.30. The number of nitrogens with one attached hydrogen (secondary N) is 2. The van der Waals surface area contributed by atoms with Gasteiger partial charge < -0.3 is 10.6 Å². The van der Waals surface area contributed by atoms with Crippen LogP contribution < -0.4 is 10.6 Å². The fourth-order valence-corrected chi connectivity index (χ4v) is 2.52. The molecule has 1 amide bonds. The topological polar surface area (TPSA) is 66.9 Å². The lowest BCUT2D eigenvalue weighted by Gasteiger charge is -2.09. The molecule has 2 aromatic carbocycles. The molecule has 0 saturated heterocycles. The van der Waals surface area contributed by atoms with Gasteiger partial charge in [-0.3, -0.25) is 4.79 Å². The number of hydrogen-bond acceptors (Lipinski definition) is 4. The minimum atomic E-state index is -0.448. The lowest BCUT2D eigenvalue weighted by atomic mass is 10.2. The molecule has 0 aliphatic heterocycles. The Bertz CT molecular complexity index is 952. The molecular formula is C18H13Cl2FN4O. The third-order valence-corrected chi connectivity index (χ3v) is 4.30. The quantitative estimate of drug-likeness (QED) is 0.668. The Morgan fingerprint density at radius 1 is 1.08 bits per heavy atom. The SMILES string of the molecule is O=C(NCc1ccccc1F)c1ccnc(Nc2cccc(Cl)c2Cl)n1. The van der Waals surface area contributed by atoms with Crippen molar-refractivity contribution in [2.75, 3.05) is 5.32 Å². The van der Waals surface area contributed by atoms with E-state index in [2.05, 4.69) is 20.6 Å². The molecule has 26 heavy (non-hydrogen) atoms. The third kappa shape index (κ3) is 4.28. The van der Waals surface area contributed by atoms with Crippen LogP contribution in [0.3, 0.4) is 0 Å². The van der Waals surface area contributed by atoms with Gasteiger partial charge in [-0.05, 0) is 24.3 Å². The summed E-state index contributed by atoms with van der Waals surface area (Å²) in [5.74, 6) is -0.642. The number of carbonyl (C=O) groups excluding carboxylic acids is 1. The van der Waals surface area contributed by atoms with Crippen molar-refractivity contribution >= 4 is 40.7 Å². The molecule has 1 heterocycles. The van der Waals surface area contributed by atoms with Gasteiger partial charge in [-0.25, -0.2) is 14.4 Å². The predicted octanol–water partition coefficient (Wildman–Crippen LogP) is 4.60. The number of hydrogen-bond donors (Lipinski definition) is 2. The highest BCUT2D eigenvalue weighted by atomic mass is 35.5. The average Bonchev–Trinajstić information content (AvgIpc) is 2.65. The van der Waals surface area contributed by atoms with Crippen LogP contribution in [-0.2, 0) is 6.54 Å². The number of amides is 1. The lowest BCUT2D eigenvalue weighted by Crippen LogP contribution is -2.24. The average molecular weight is 391 g/mol. The van der Waals surface area contributed by atoms with Crippen LogP contribution in [0.1, 0.15) is 16.1 Å². The first-order chi connectivity index (χ1) is 12.5. The van der Waals surface area contributed by atoms with Crippen LogP contribution >= 0.6 is 23.2 Å². The molecule has 0 atom stereocenters. The van der Waals surface area contributed by atoms with Crippen molar-refractivity contribution < 1.29 is 9.18 Å². The largest absolute Gasteiger partial charge is 0.347 e. The molecule has 0 fully saturated rings. The summed E-state index contributed by atoms with van der Waals surface area (Å²) in [5.41, 5.74) is 1.04. The molecule has 0 spiro atoms. The second kappa shape index (κ2) is 8.12. The van der Waals surface area contributed by atoms with Crippen molar-refractivity contribution in [1.29, 1.82) is 0 Å². The fourth-order valence-electron chi connectivity index (χ4n) is 2.17. The molecule has 0 aliphatic carbocycles. The van der Waals surface area contributed by atoms with Gasteiger partial charge in [-0.1, -0.05) is 47.5 Å². The van der Waals surface area contributed by atoms with Gasteiger partial charge in [0.15, 0.2) is 0 Å². The third-order valence-electron chi connectivity index (χ3n) is 3.48. The number of anilines is 2. The van der Waals surface area contributed by atoms with Crippen molar-refractivity contribution in [2.24, 2.45) is 0 Å². The lowest BCUT2D eigenvalue weighted by molar-refractivity contribution is 0.0945. The Morgan fingerprint density at radius 3 is 2.69 bits per heavy atom. The summed E-state index contributed by atoms with van der Waals surface area (Å²) in [6, 6.07) is 12.8. The van der Waals surface area contributed by atoms with E-state index in [0.29, 0.717) is 21.3 Å². The second-order valence-electron chi connectivity index (χ2n) is 5.27. The molecule has 1 aromatic heterocycles. The van der Waals surface area contributed by atoms with Crippen LogP contribution in [0.5, 0.6) is 0 Å². The predicted molar refractivity (Wildman–Crippen MR) is 99.3 cm³/mol. The van der Waals surface area contributed by atoms with Crippen LogP contribution in [0.4, 0.5) is 16.0 Å². The monoisotopic (exact) mass is 390 g/mol. The Balaban J connectivity index is 1.71. The Labute approximate surface area is 159 Å². The van der Waals surface area contributed by atoms with Gasteiger partial charge in [-0.2, -0.15) is 0 Å². The van der Waals surface area contributed by atoms with Crippen molar-refractivity contribution in [3.63, 3.8) is 0 Å². The van der Waals surface area contributed by atoms with Crippen molar-refractivity contribution in [3.05, 3.63) is 81.8 Å². The summed E-state index contributed by atoms with van der Waals surface area (Å²) in [6.07, 6.45) is 1.44. The van der Waals surface area contributed by atoms with E-state index in [1.54, 1.807) is 36.4 Å². The summed E-state index contributed by atoms with van der Waals surface area (Å²) < 4.78 is 13.6. The van der Waals surface area contributed by atoms with E-state index in [-0.39, 0.29) is 24.0 Å². The molecule has 132 valence electrons. The molecule has 0 saturated carbocycles. The molecule has 0 aliphatic rings. The van der Waals surface area contributed by atoms with E-state index >= 15 is 0 Å². The number of nitrogens with zero attached hydrogens (tertiary/aromatic N) is 2. The van der Waals surface area contributed by atoms with Gasteiger partial charge in [0.2, 0.25) is 5.95 Å². The zero-order valence-electron chi connectivity index (χ0n) is 13.3. The van der Waals surface area contributed by atoms with Gasteiger partial charge in [0, 0.05) is 18.3 Å². The molecule has 0 bridgehead atoms. The smallest absolute Gasteiger partial charge is 0.270 e. The zero-order chi connectivity index (χ0) is 18.5. The maximum atomic E-state index is 13.6. The molecule has 3 aromatic rings. The Hall–Kier alpha value is -2.70. The minimum Gasteiger partial charge on any atom is -0.347 e. The second-order valence-corrected chi connectivity index (χ2v) is 6.05. The van der Waals surface area contributed by atoms with E-state index in [4.69, 9.17) is 23.2 Å². The first kappa shape index (κ1) is 18.1. The molecular weight excluding hydrogens is 378 g/mol. The maximum Gasteiger partial charge on any atom is 0.270 e. The normalized spacial score (nSPS) is 10.4. The number of halogens is 3. The molecule has 3 rings (SSSR count). The van der Waals surface area contributed by atoms with Crippen molar-refractivity contribution in [1.82, 2.24) is 15.3 Å². The van der Waals surface area contributed by atoms with Gasteiger partial charge in [0.1, 0.15) is 11.5 Å². The first-order valence-corrected chi connectivity index (χ1v) is 8.36. The van der Waals surface area contributed by atoms with Gasteiger partial charge in [0.25, 0.3) is 5.91 Å². The highest BCUT2D eigenvalue weighted by molar-refractivity contribution is 6.43. The van der Waals surface area contributed by atoms with Crippen LogP contribution in [0, 0.1) is 5.82 Å². The van der Waals surface area contributed by atoms with E-state index in [1.807, 2.05) is 0 Å². The van der Waals surface area contributed by atoms with E-state index in [9.17, 15) is 9.18 Å². The van der Waals surface area contributed by atoms with Crippen molar-refractivity contribution in [2.45, 2.75) is 6.54 Å². The van der Waals surface area contributed by atoms with Gasteiger partial charge in [-0.15, -0.1) is 0 Å². The summed E-state index contributed by atoms with van der Waals surface area (Å²) in [5, 5.41) is 6.25. The summed E-state index contributed by atoms with van der Waals surface area (Å²) in [4.78, 5) is 20.5. The highest BCUT2D eigenvalue weighted by Gasteiger charge is 2.11. The number of rotatable bonds is 5. The van der Waals surface area contributed by atoms with E-state index in [0.717, 1.165) is 0 Å². The van der Waals surface area contributed by atoms with Crippen LogP contribution in [0.25, 0.3) is 0 Å². The number of carbonyl (C=O) groups is 1. The number of aromatic nitrogens is 2. The Kier molecular flexibility index (Phi) is 5.65. The number of benzene rings is 2.